The molecule has 0 N–H and O–H groups in total. The van der Waals surface area contributed by atoms with Gasteiger partial charge in [0.2, 0.25) is 0 Å². The van der Waals surface area contributed by atoms with Gasteiger partial charge in [0.05, 0.1) is 4.08 Å². The molecule has 0 aromatic rings. The second-order valence-corrected chi connectivity index (χ2v) is 5.19. The van der Waals surface area contributed by atoms with Gasteiger partial charge in [-0.1, -0.05) is 12.2 Å². The molecule has 0 amide bonds. The third kappa shape index (κ3) is 3.57. The lowest BCUT2D eigenvalue weighted by molar-refractivity contribution is 0.916. The Morgan fingerprint density at radius 2 is 1.80 bits per heavy atom. The highest BCUT2D eigenvalue weighted by atomic mass is 32.2. The van der Waals surface area contributed by atoms with Crippen LogP contribution in [0.1, 0.15) is 20.3 Å². The number of hydrogen-bond donors (Lipinski definition) is 0. The molecule has 2 heteroatoms. The summed E-state index contributed by atoms with van der Waals surface area (Å²) in [7, 11) is 0. The molecule has 60 valence electrons. The van der Waals surface area contributed by atoms with Gasteiger partial charge < -0.3 is 0 Å². The smallest absolute Gasteiger partial charge is 0.0611 e. The van der Waals surface area contributed by atoms with E-state index in [1.54, 1.807) is 0 Å². The molecule has 0 unspecified atom stereocenters. The molecule has 0 aliphatic heterocycles. The van der Waals surface area contributed by atoms with Crippen LogP contribution < -0.4 is 0 Å². The minimum Gasteiger partial charge on any atom is -0.148 e. The fourth-order valence-corrected chi connectivity index (χ4v) is 1.77. The van der Waals surface area contributed by atoms with E-state index in [2.05, 4.69) is 38.5 Å². The molecule has 0 spiro atoms. The van der Waals surface area contributed by atoms with E-state index in [1.165, 1.54) is 0 Å². The van der Waals surface area contributed by atoms with E-state index in [0.29, 0.717) is 4.08 Å². The summed E-state index contributed by atoms with van der Waals surface area (Å²) in [4.78, 5) is 0. The van der Waals surface area contributed by atoms with E-state index in [4.69, 9.17) is 0 Å². The molecule has 0 nitrogen and oxygen atoms in total. The standard InChI is InChI=1S/C8H16S2/c1-5-6-7-8(2,9-3)10-4/h5-6H,7H2,1-4H3/b6-5+. The van der Waals surface area contributed by atoms with Gasteiger partial charge in [0.25, 0.3) is 0 Å². The lowest BCUT2D eigenvalue weighted by Crippen LogP contribution is -2.11. The Hall–Kier alpha value is 0.440. The summed E-state index contributed by atoms with van der Waals surface area (Å²) in [5, 5.41) is 0. The van der Waals surface area contributed by atoms with Gasteiger partial charge in [-0.2, -0.15) is 0 Å². The van der Waals surface area contributed by atoms with Crippen LogP contribution >= 0.6 is 23.5 Å². The Morgan fingerprint density at radius 1 is 1.30 bits per heavy atom. The Bertz CT molecular complexity index is 104. The van der Waals surface area contributed by atoms with Crippen molar-refractivity contribution < 1.29 is 0 Å². The maximum Gasteiger partial charge on any atom is 0.0611 e. The van der Waals surface area contributed by atoms with Gasteiger partial charge in [0.15, 0.2) is 0 Å². The normalized spacial score (nSPS) is 12.8. The molecule has 0 atom stereocenters. The van der Waals surface area contributed by atoms with Gasteiger partial charge in [0.1, 0.15) is 0 Å². The van der Waals surface area contributed by atoms with Gasteiger partial charge in [-0.3, -0.25) is 0 Å². The number of allylic oxidation sites excluding steroid dienone is 2. The van der Waals surface area contributed by atoms with E-state index in [9.17, 15) is 0 Å². The molecule has 10 heavy (non-hydrogen) atoms. The fourth-order valence-electron chi connectivity index (χ4n) is 0.582. The lowest BCUT2D eigenvalue weighted by atomic mass is 10.3. The van der Waals surface area contributed by atoms with Crippen molar-refractivity contribution in [3.05, 3.63) is 12.2 Å². The van der Waals surface area contributed by atoms with Crippen LogP contribution in [0.5, 0.6) is 0 Å². The van der Waals surface area contributed by atoms with Crippen molar-refractivity contribution in [3.63, 3.8) is 0 Å². The Kier molecular flexibility index (Phi) is 5.36. The SMILES string of the molecule is C/C=C/CC(C)(SC)SC. The molecule has 0 rings (SSSR count). The van der Waals surface area contributed by atoms with E-state index in [1.807, 2.05) is 23.5 Å². The zero-order valence-corrected chi connectivity index (χ0v) is 8.81. The summed E-state index contributed by atoms with van der Waals surface area (Å²) in [5.74, 6) is 0. The van der Waals surface area contributed by atoms with Crippen LogP contribution in [0.15, 0.2) is 12.2 Å². The van der Waals surface area contributed by atoms with Gasteiger partial charge in [-0.15, -0.1) is 23.5 Å². The topological polar surface area (TPSA) is 0 Å². The van der Waals surface area contributed by atoms with Gasteiger partial charge in [0, 0.05) is 0 Å². The van der Waals surface area contributed by atoms with Crippen LogP contribution in [0.2, 0.25) is 0 Å². The van der Waals surface area contributed by atoms with E-state index >= 15 is 0 Å². The minimum absolute atomic E-state index is 0.381. The average Bonchev–Trinajstić information content (AvgIpc) is 2.00. The van der Waals surface area contributed by atoms with E-state index in [0.717, 1.165) is 6.42 Å². The highest BCUT2D eigenvalue weighted by Gasteiger charge is 2.18. The molecule has 0 aromatic carbocycles. The summed E-state index contributed by atoms with van der Waals surface area (Å²) in [6, 6.07) is 0. The third-order valence-electron chi connectivity index (χ3n) is 1.59. The molecule has 0 fully saturated rings. The first kappa shape index (κ1) is 10.4. The fraction of sp³-hybridized carbons (Fsp3) is 0.750. The molecule has 0 heterocycles. The van der Waals surface area contributed by atoms with Crippen LogP contribution in [-0.2, 0) is 0 Å². The second-order valence-electron chi connectivity index (χ2n) is 2.32. The highest BCUT2D eigenvalue weighted by molar-refractivity contribution is 8.17. The molecule has 0 radical (unpaired) electrons. The van der Waals surface area contributed by atoms with Crippen LogP contribution in [0.3, 0.4) is 0 Å². The van der Waals surface area contributed by atoms with Crippen LogP contribution in [-0.4, -0.2) is 16.6 Å². The summed E-state index contributed by atoms with van der Waals surface area (Å²) < 4.78 is 0.381. The molecular weight excluding hydrogens is 160 g/mol. The molecule has 0 bridgehead atoms. The van der Waals surface area contributed by atoms with E-state index in [-0.39, 0.29) is 0 Å². The molecule has 0 aliphatic carbocycles. The number of thioether (sulfide) groups is 2. The van der Waals surface area contributed by atoms with Gasteiger partial charge in [-0.05, 0) is 32.8 Å². The van der Waals surface area contributed by atoms with Crippen molar-refractivity contribution in [3.8, 4) is 0 Å². The van der Waals surface area contributed by atoms with Crippen molar-refractivity contribution in [2.24, 2.45) is 0 Å². The van der Waals surface area contributed by atoms with Crippen molar-refractivity contribution in [1.29, 1.82) is 0 Å². The predicted molar refractivity (Wildman–Crippen MR) is 54.9 cm³/mol. The quantitative estimate of drug-likeness (QED) is 0.475. The summed E-state index contributed by atoms with van der Waals surface area (Å²) in [6.45, 7) is 4.35. The van der Waals surface area contributed by atoms with Gasteiger partial charge >= 0.3 is 0 Å². The van der Waals surface area contributed by atoms with E-state index < -0.39 is 0 Å². The van der Waals surface area contributed by atoms with Crippen LogP contribution in [0.4, 0.5) is 0 Å². The molecule has 0 aromatic heterocycles. The van der Waals surface area contributed by atoms with Crippen LogP contribution in [0.25, 0.3) is 0 Å². The van der Waals surface area contributed by atoms with Crippen molar-refractivity contribution in [2.45, 2.75) is 24.3 Å². The zero-order chi connectivity index (χ0) is 8.04. The predicted octanol–water partition coefficient (Wildman–Crippen LogP) is 3.39. The average molecular weight is 176 g/mol. The first-order valence-electron chi connectivity index (χ1n) is 3.40. The van der Waals surface area contributed by atoms with Crippen LogP contribution in [0, 0.1) is 0 Å². The van der Waals surface area contributed by atoms with Crippen molar-refractivity contribution >= 4 is 23.5 Å². The molecule has 0 saturated carbocycles. The Morgan fingerprint density at radius 3 is 2.10 bits per heavy atom. The largest absolute Gasteiger partial charge is 0.148 e. The molecular formula is C8H16S2. The second kappa shape index (κ2) is 5.14. The highest BCUT2D eigenvalue weighted by Crippen LogP contribution is 2.36. The number of rotatable bonds is 4. The molecule has 0 saturated heterocycles. The number of hydrogen-bond acceptors (Lipinski definition) is 2. The zero-order valence-electron chi connectivity index (χ0n) is 7.18. The van der Waals surface area contributed by atoms with Crippen molar-refractivity contribution in [1.82, 2.24) is 0 Å². The Balaban J connectivity index is 3.80. The summed E-state index contributed by atoms with van der Waals surface area (Å²) in [5.41, 5.74) is 0. The third-order valence-corrected chi connectivity index (χ3v) is 4.65. The monoisotopic (exact) mass is 176 g/mol. The van der Waals surface area contributed by atoms with Gasteiger partial charge in [-0.25, -0.2) is 0 Å². The van der Waals surface area contributed by atoms with Crippen molar-refractivity contribution in [2.75, 3.05) is 12.5 Å². The first-order valence-corrected chi connectivity index (χ1v) is 5.85. The first-order chi connectivity index (χ1) is 4.68. The maximum absolute atomic E-state index is 2.28. The summed E-state index contributed by atoms with van der Waals surface area (Å²) in [6.07, 6.45) is 9.84. The lowest BCUT2D eigenvalue weighted by Gasteiger charge is -2.22. The summed E-state index contributed by atoms with van der Waals surface area (Å²) >= 11 is 3.85. The minimum atomic E-state index is 0.381. The Labute approximate surface area is 72.9 Å². The molecule has 0 aliphatic rings. The maximum atomic E-state index is 2.28.